The largest absolute Gasteiger partial charge is 0.305 e. The maximum absolute atomic E-state index is 13.7. The molecule has 0 bridgehead atoms. The van der Waals surface area contributed by atoms with Crippen LogP contribution in [0.15, 0.2) is 91.6 Å². The van der Waals surface area contributed by atoms with E-state index in [1.54, 1.807) is 30.7 Å². The van der Waals surface area contributed by atoms with E-state index in [1.165, 1.54) is 39.6 Å². The number of hydrogen-bond donors (Lipinski definition) is 0. The van der Waals surface area contributed by atoms with E-state index in [9.17, 15) is 8.78 Å². The van der Waals surface area contributed by atoms with Gasteiger partial charge < -0.3 is 4.98 Å². The minimum Gasteiger partial charge on any atom is -0.305 e. The van der Waals surface area contributed by atoms with Crippen LogP contribution in [0.25, 0.3) is 22.6 Å². The Morgan fingerprint density at radius 3 is 1.88 bits per heavy atom. The van der Waals surface area contributed by atoms with E-state index in [2.05, 4.69) is 36.9 Å². The van der Waals surface area contributed by atoms with Crippen LogP contribution in [0.3, 0.4) is 0 Å². The Morgan fingerprint density at radius 2 is 1.41 bits per heavy atom. The molecule has 32 heavy (non-hydrogen) atoms. The number of benzene rings is 2. The molecule has 2 aromatic carbocycles. The van der Waals surface area contributed by atoms with Crippen molar-refractivity contribution in [1.82, 2.24) is 24.5 Å². The Labute approximate surface area is 198 Å². The van der Waals surface area contributed by atoms with Gasteiger partial charge in [-0.25, -0.2) is 0 Å². The van der Waals surface area contributed by atoms with Gasteiger partial charge in [-0.1, -0.05) is 18.2 Å². The van der Waals surface area contributed by atoms with Gasteiger partial charge in [0.15, 0.2) is 0 Å². The first-order valence-electron chi connectivity index (χ1n) is 9.14. The number of halogens is 3. The van der Waals surface area contributed by atoms with Crippen molar-refractivity contribution in [2.75, 3.05) is 0 Å². The Morgan fingerprint density at radius 1 is 0.781 bits per heavy atom. The monoisotopic (exact) mass is 627 g/mol. The van der Waals surface area contributed by atoms with Gasteiger partial charge >= 0.3 is 27.5 Å². The average Bonchev–Trinajstić information content (AvgIpc) is 3.57. The first-order chi connectivity index (χ1) is 15.7. The quantitative estimate of drug-likeness (QED) is 0.253. The topological polar surface area (TPSA) is 48.5 Å². The summed E-state index contributed by atoms with van der Waals surface area (Å²) in [5.74, 6) is -1.46. The summed E-state index contributed by atoms with van der Waals surface area (Å²) in [7, 11) is 4.64. The number of hydrogen-bond acceptors (Lipinski definition) is 3. The summed E-state index contributed by atoms with van der Waals surface area (Å²) in [6.45, 7) is 0. The molecule has 0 N–H and O–H groups in total. The van der Waals surface area contributed by atoms with Gasteiger partial charge in [-0.05, 0) is 35.3 Å². The van der Waals surface area contributed by atoms with E-state index in [4.69, 9.17) is 0 Å². The third-order valence-electron chi connectivity index (χ3n) is 4.06. The van der Waals surface area contributed by atoms with Crippen molar-refractivity contribution in [2.24, 2.45) is 0 Å². The summed E-state index contributed by atoms with van der Waals surface area (Å²) in [6, 6.07) is 23.5. The number of rotatable bonds is 3. The van der Waals surface area contributed by atoms with Gasteiger partial charge in [-0.3, -0.25) is 18.1 Å². The molecule has 0 unspecified atom stereocenters. The fourth-order valence-corrected chi connectivity index (χ4v) is 2.69. The maximum Gasteiger partial charge on any atom is 0.0160 e. The molecule has 0 aliphatic heterocycles. The zero-order valence-electron chi connectivity index (χ0n) is 16.4. The molecule has 0 fully saturated rings. The van der Waals surface area contributed by atoms with Crippen LogP contribution in [-0.4, -0.2) is 24.5 Å². The van der Waals surface area contributed by atoms with Crippen molar-refractivity contribution >= 4 is 9.58 Å². The third-order valence-corrected chi connectivity index (χ3v) is 4.06. The third kappa shape index (κ3) is 5.94. The second-order valence-electron chi connectivity index (χ2n) is 6.05. The fourth-order valence-electron chi connectivity index (χ4n) is 2.69. The first-order valence-corrected chi connectivity index (χ1v) is 12.1. The van der Waals surface area contributed by atoms with E-state index in [1.807, 2.05) is 42.5 Å². The van der Waals surface area contributed by atoms with Crippen LogP contribution in [0.1, 0.15) is 0 Å². The summed E-state index contributed by atoms with van der Waals surface area (Å²) in [6.07, 6.45) is 7.91. The molecule has 5 aromatic rings. The van der Waals surface area contributed by atoms with Gasteiger partial charge in [0.25, 0.3) is 0 Å². The molecule has 3 heterocycles. The Kier molecular flexibility index (Phi) is 8.80. The van der Waals surface area contributed by atoms with Crippen molar-refractivity contribution in [3.8, 4) is 22.6 Å². The summed E-state index contributed by atoms with van der Waals surface area (Å²) < 4.78 is 29.9. The summed E-state index contributed by atoms with van der Waals surface area (Å²) in [4.78, 5) is 4.22. The molecule has 0 atom stereocenters. The summed E-state index contributed by atoms with van der Waals surface area (Å²) in [5, 5.41) is 7.79. The predicted molar refractivity (Wildman–Crippen MR) is 114 cm³/mol. The van der Waals surface area contributed by atoms with Crippen LogP contribution in [0.2, 0.25) is 0 Å². The van der Waals surface area contributed by atoms with Crippen molar-refractivity contribution < 1.29 is 26.7 Å². The van der Waals surface area contributed by atoms with Gasteiger partial charge in [0.2, 0.25) is 0 Å². The fraction of sp³-hybridized carbons (Fsp3) is 0. The average molecular weight is 627 g/mol. The normalized spacial score (nSPS) is 9.88. The molecule has 0 spiro atoms. The van der Waals surface area contributed by atoms with Crippen LogP contribution < -0.4 is 0 Å². The van der Waals surface area contributed by atoms with Crippen LogP contribution >= 0.6 is 9.58 Å². The van der Waals surface area contributed by atoms with Gasteiger partial charge in [0.1, 0.15) is 0 Å². The minimum atomic E-state index is -0.730. The molecule has 9 heteroatoms. The molecular weight excluding hydrogens is 612 g/mol. The zero-order chi connectivity index (χ0) is 22.8. The molecule has 0 aliphatic rings. The van der Waals surface area contributed by atoms with Gasteiger partial charge in [0, 0.05) is 42.6 Å². The van der Waals surface area contributed by atoms with Gasteiger partial charge in [-0.15, -0.1) is 42.0 Å². The van der Waals surface area contributed by atoms with E-state index in [-0.39, 0.29) is 11.4 Å². The minimum absolute atomic E-state index is 0.0481. The summed E-state index contributed by atoms with van der Waals surface area (Å²) >= 11 is 1.47. The van der Waals surface area contributed by atoms with Crippen LogP contribution in [0.5, 0.6) is 0 Å². The Hall–Kier alpha value is -3.19. The molecule has 0 saturated heterocycles. The van der Waals surface area contributed by atoms with Gasteiger partial charge in [-0.2, -0.15) is 10.2 Å². The number of nitrogens with zero attached hydrogens (tertiary/aromatic N) is 5. The van der Waals surface area contributed by atoms with E-state index < -0.39 is 11.6 Å². The second kappa shape index (κ2) is 12.0. The predicted octanol–water partition coefficient (Wildman–Crippen LogP) is 5.37. The van der Waals surface area contributed by atoms with Crippen molar-refractivity contribution in [3.05, 3.63) is 115 Å². The number of aromatic nitrogens is 5. The van der Waals surface area contributed by atoms with E-state index in [0.717, 1.165) is 17.3 Å². The molecule has 0 amide bonds. The van der Waals surface area contributed by atoms with E-state index >= 15 is 0 Å². The second-order valence-corrected chi connectivity index (χ2v) is 6.05. The standard InChI is InChI=1S/C12H7F2N4.C11H8N.ClH.Ir/c13-9-7-10(14)12(18-6-2-4-16-18)8-11(9)17-5-1-3-15-17;1-2-6-10(7-3-1)11-8-4-5-9-12-11;;/h1-7H;1-6,8-9H;1H;/q2*-1;;+3/p-1. The van der Waals surface area contributed by atoms with Crippen molar-refractivity contribution in [2.45, 2.75) is 0 Å². The van der Waals surface area contributed by atoms with Crippen LogP contribution in [-0.2, 0) is 17.9 Å². The van der Waals surface area contributed by atoms with E-state index in [0.29, 0.717) is 0 Å². The molecular formula is C23H15ClF2IrN5. The molecule has 0 saturated carbocycles. The molecule has 5 rings (SSSR count). The molecule has 0 radical (unpaired) electrons. The number of pyridine rings is 1. The van der Waals surface area contributed by atoms with Gasteiger partial charge in [0.05, 0.1) is 0 Å². The molecule has 162 valence electrons. The van der Waals surface area contributed by atoms with Crippen LogP contribution in [0.4, 0.5) is 8.78 Å². The zero-order valence-corrected chi connectivity index (χ0v) is 19.5. The smallest absolute Gasteiger partial charge is 0.0160 e. The maximum atomic E-state index is 13.7. The van der Waals surface area contributed by atoms with Crippen molar-refractivity contribution in [1.29, 1.82) is 0 Å². The first kappa shape index (κ1) is 23.5. The molecule has 0 aliphatic carbocycles. The molecule has 5 nitrogen and oxygen atoms in total. The molecule has 3 aromatic heterocycles. The Balaban J connectivity index is 0.000000180. The SMILES string of the molecule is Fc1cc(F)c(-n2cccn2)[c-]c1-n1cccn1.[Cl][Ir+2].[c-]1ccccc1-c1ccccn1. The summed E-state index contributed by atoms with van der Waals surface area (Å²) in [5.41, 5.74) is 2.11. The van der Waals surface area contributed by atoms with Crippen LogP contribution in [0, 0.1) is 23.8 Å². The van der Waals surface area contributed by atoms with Crippen molar-refractivity contribution in [3.63, 3.8) is 0 Å². The Bertz CT molecular complexity index is 1110.